The molecule has 4 atom stereocenters. The molecule has 21 heavy (non-hydrogen) atoms. The average Bonchev–Trinajstić information content (AvgIpc) is 3.14. The van der Waals surface area contributed by atoms with Crippen molar-refractivity contribution in [2.45, 2.75) is 69.9 Å². The highest BCUT2D eigenvalue weighted by atomic mass is 16.5. The van der Waals surface area contributed by atoms with E-state index in [4.69, 9.17) is 9.47 Å². The van der Waals surface area contributed by atoms with Crippen molar-refractivity contribution >= 4 is 0 Å². The van der Waals surface area contributed by atoms with E-state index in [1.54, 1.807) is 0 Å². The highest BCUT2D eigenvalue weighted by Crippen LogP contribution is 2.50. The van der Waals surface area contributed by atoms with Gasteiger partial charge in [-0.2, -0.15) is 0 Å². The maximum Gasteiger partial charge on any atom is 0.0874 e. The monoisotopic (exact) mass is 295 g/mol. The standard InChI is InChI=1S/C18H33NO2/c1-3-8-19-17(18(20-2)6-9-21-10-7-18)13-16-12-14-4-5-15(16)11-14/h14-17,19H,3-13H2,1-2H3. The van der Waals surface area contributed by atoms with Gasteiger partial charge in [0, 0.05) is 39.2 Å². The van der Waals surface area contributed by atoms with E-state index in [9.17, 15) is 0 Å². The first-order valence-corrected chi connectivity index (χ1v) is 9.13. The lowest BCUT2D eigenvalue weighted by Gasteiger charge is -2.44. The van der Waals surface area contributed by atoms with Gasteiger partial charge in [-0.3, -0.25) is 0 Å². The molecule has 0 aromatic rings. The van der Waals surface area contributed by atoms with Gasteiger partial charge in [0.2, 0.25) is 0 Å². The predicted octanol–water partition coefficient (Wildman–Crippen LogP) is 3.38. The van der Waals surface area contributed by atoms with Gasteiger partial charge < -0.3 is 14.8 Å². The Morgan fingerprint density at radius 2 is 2.05 bits per heavy atom. The number of nitrogens with one attached hydrogen (secondary N) is 1. The Morgan fingerprint density at radius 3 is 2.62 bits per heavy atom. The van der Waals surface area contributed by atoms with Gasteiger partial charge in [0.05, 0.1) is 5.60 Å². The van der Waals surface area contributed by atoms with Gasteiger partial charge >= 0.3 is 0 Å². The minimum absolute atomic E-state index is 0.00918. The van der Waals surface area contributed by atoms with E-state index >= 15 is 0 Å². The predicted molar refractivity (Wildman–Crippen MR) is 85.4 cm³/mol. The maximum atomic E-state index is 6.09. The molecule has 1 saturated heterocycles. The molecule has 0 aromatic carbocycles. The quantitative estimate of drug-likeness (QED) is 0.781. The molecular formula is C18H33NO2. The largest absolute Gasteiger partial charge is 0.381 e. The smallest absolute Gasteiger partial charge is 0.0874 e. The number of rotatable bonds is 7. The maximum absolute atomic E-state index is 6.09. The van der Waals surface area contributed by atoms with Crippen LogP contribution in [0, 0.1) is 17.8 Å². The summed E-state index contributed by atoms with van der Waals surface area (Å²) in [5, 5.41) is 3.84. The molecular weight excluding hydrogens is 262 g/mol. The van der Waals surface area contributed by atoms with Crippen molar-refractivity contribution in [2.24, 2.45) is 17.8 Å². The summed E-state index contributed by atoms with van der Waals surface area (Å²) in [6.07, 6.45) is 10.6. The first-order valence-electron chi connectivity index (χ1n) is 9.13. The van der Waals surface area contributed by atoms with Crippen LogP contribution in [0.1, 0.15) is 58.3 Å². The summed E-state index contributed by atoms with van der Waals surface area (Å²) in [5.41, 5.74) is 0.00918. The van der Waals surface area contributed by atoms with Crippen LogP contribution in [-0.2, 0) is 9.47 Å². The van der Waals surface area contributed by atoms with E-state index in [0.29, 0.717) is 6.04 Å². The van der Waals surface area contributed by atoms with E-state index in [1.807, 2.05) is 7.11 Å². The summed E-state index contributed by atoms with van der Waals surface area (Å²) >= 11 is 0. The van der Waals surface area contributed by atoms with Crippen LogP contribution in [0.4, 0.5) is 0 Å². The van der Waals surface area contributed by atoms with Crippen LogP contribution in [0.5, 0.6) is 0 Å². The van der Waals surface area contributed by atoms with E-state index in [1.165, 1.54) is 38.5 Å². The minimum Gasteiger partial charge on any atom is -0.381 e. The van der Waals surface area contributed by atoms with Crippen LogP contribution in [0.2, 0.25) is 0 Å². The Labute approximate surface area is 130 Å². The third kappa shape index (κ3) is 3.30. The molecule has 0 radical (unpaired) electrons. The van der Waals surface area contributed by atoms with Gasteiger partial charge in [-0.05, 0) is 56.4 Å². The fourth-order valence-electron chi connectivity index (χ4n) is 5.18. The van der Waals surface area contributed by atoms with Crippen molar-refractivity contribution in [3.05, 3.63) is 0 Å². The van der Waals surface area contributed by atoms with E-state index in [-0.39, 0.29) is 5.60 Å². The molecule has 0 aromatic heterocycles. The summed E-state index contributed by atoms with van der Waals surface area (Å²) in [6.45, 7) is 5.08. The molecule has 0 amide bonds. The van der Waals surface area contributed by atoms with Gasteiger partial charge in [0.15, 0.2) is 0 Å². The van der Waals surface area contributed by atoms with E-state index in [2.05, 4.69) is 12.2 Å². The van der Waals surface area contributed by atoms with Gasteiger partial charge in [-0.25, -0.2) is 0 Å². The van der Waals surface area contributed by atoms with Crippen molar-refractivity contribution in [1.29, 1.82) is 0 Å². The van der Waals surface area contributed by atoms with Crippen molar-refractivity contribution < 1.29 is 9.47 Å². The fraction of sp³-hybridized carbons (Fsp3) is 1.00. The van der Waals surface area contributed by atoms with E-state index < -0.39 is 0 Å². The molecule has 122 valence electrons. The molecule has 2 aliphatic carbocycles. The minimum atomic E-state index is 0.00918. The molecule has 3 aliphatic rings. The summed E-state index contributed by atoms with van der Waals surface area (Å²) in [6, 6.07) is 0.510. The van der Waals surface area contributed by atoms with Gasteiger partial charge in [-0.1, -0.05) is 13.3 Å². The average molecular weight is 295 g/mol. The third-order valence-electron chi connectivity index (χ3n) is 6.44. The summed E-state index contributed by atoms with van der Waals surface area (Å²) in [4.78, 5) is 0. The van der Waals surface area contributed by atoms with Crippen LogP contribution < -0.4 is 5.32 Å². The molecule has 1 N–H and O–H groups in total. The zero-order valence-corrected chi connectivity index (χ0v) is 13.9. The molecule has 1 aliphatic heterocycles. The molecule has 4 unspecified atom stereocenters. The second-order valence-electron chi connectivity index (χ2n) is 7.56. The Kier molecular flexibility index (Phi) is 5.23. The van der Waals surface area contributed by atoms with Crippen LogP contribution in [-0.4, -0.2) is 38.5 Å². The van der Waals surface area contributed by atoms with Crippen LogP contribution in [0.25, 0.3) is 0 Å². The number of fused-ring (bicyclic) bond motifs is 2. The molecule has 3 fully saturated rings. The zero-order valence-electron chi connectivity index (χ0n) is 13.9. The van der Waals surface area contributed by atoms with Gasteiger partial charge in [0.25, 0.3) is 0 Å². The number of methoxy groups -OCH3 is 1. The first-order chi connectivity index (χ1) is 10.3. The highest BCUT2D eigenvalue weighted by molar-refractivity contribution is 4.99. The zero-order chi connectivity index (χ0) is 14.7. The number of ether oxygens (including phenoxy) is 2. The molecule has 1 heterocycles. The number of hydrogen-bond donors (Lipinski definition) is 1. The third-order valence-corrected chi connectivity index (χ3v) is 6.44. The Bertz CT molecular complexity index is 327. The Balaban J connectivity index is 1.67. The van der Waals surface area contributed by atoms with Gasteiger partial charge in [0.1, 0.15) is 0 Å². The lowest BCUT2D eigenvalue weighted by atomic mass is 9.76. The molecule has 2 bridgehead atoms. The lowest BCUT2D eigenvalue weighted by molar-refractivity contribution is -0.114. The highest BCUT2D eigenvalue weighted by Gasteiger charge is 2.45. The second kappa shape index (κ2) is 6.97. The molecule has 3 heteroatoms. The first kappa shape index (κ1) is 15.8. The normalized spacial score (nSPS) is 36.0. The Hall–Kier alpha value is -0.120. The second-order valence-corrected chi connectivity index (χ2v) is 7.56. The fourth-order valence-corrected chi connectivity index (χ4v) is 5.18. The van der Waals surface area contributed by atoms with Crippen LogP contribution >= 0.6 is 0 Å². The number of hydrogen-bond acceptors (Lipinski definition) is 3. The SMILES string of the molecule is CCCNC(CC1CC2CCC1C2)C1(OC)CCOCC1. The summed E-state index contributed by atoms with van der Waals surface area (Å²) in [5.74, 6) is 2.99. The molecule has 3 rings (SSSR count). The Morgan fingerprint density at radius 1 is 1.24 bits per heavy atom. The van der Waals surface area contributed by atoms with Crippen molar-refractivity contribution in [2.75, 3.05) is 26.9 Å². The molecule has 3 nitrogen and oxygen atoms in total. The van der Waals surface area contributed by atoms with Crippen LogP contribution in [0.3, 0.4) is 0 Å². The van der Waals surface area contributed by atoms with Crippen molar-refractivity contribution in [3.63, 3.8) is 0 Å². The lowest BCUT2D eigenvalue weighted by Crippen LogP contribution is -2.56. The summed E-state index contributed by atoms with van der Waals surface area (Å²) < 4.78 is 11.7. The van der Waals surface area contributed by atoms with Gasteiger partial charge in [-0.15, -0.1) is 0 Å². The topological polar surface area (TPSA) is 30.5 Å². The summed E-state index contributed by atoms with van der Waals surface area (Å²) in [7, 11) is 1.91. The van der Waals surface area contributed by atoms with Crippen LogP contribution in [0.15, 0.2) is 0 Å². The molecule has 2 saturated carbocycles. The van der Waals surface area contributed by atoms with Crippen molar-refractivity contribution in [1.82, 2.24) is 5.32 Å². The van der Waals surface area contributed by atoms with E-state index in [0.717, 1.165) is 50.4 Å². The van der Waals surface area contributed by atoms with Crippen molar-refractivity contribution in [3.8, 4) is 0 Å². The molecule has 0 spiro atoms.